The number of nitrogens with zero attached hydrogens (tertiary/aromatic N) is 1. The average molecular weight is 305 g/mol. The molecule has 1 heterocycles. The Kier molecular flexibility index (Phi) is 4.62. The Hall–Kier alpha value is -1.59. The third-order valence-electron chi connectivity index (χ3n) is 2.92. The lowest BCUT2D eigenvalue weighted by Crippen LogP contribution is -2.27. The lowest BCUT2D eigenvalue weighted by molar-refractivity contribution is -0.121. The topological polar surface area (TPSA) is 29.5 Å². The number of methoxy groups -OCH3 is 1. The van der Waals surface area contributed by atoms with Crippen molar-refractivity contribution in [1.82, 2.24) is 4.90 Å². The molecule has 104 valence electrons. The molecule has 1 saturated heterocycles. The molecule has 1 aromatic rings. The number of hydrogen-bond acceptors (Lipinski definition) is 4. The zero-order chi connectivity index (χ0) is 14.7. The van der Waals surface area contributed by atoms with Crippen LogP contribution in [0.3, 0.4) is 0 Å². The number of carbonyl (C=O) groups is 1. The van der Waals surface area contributed by atoms with Crippen molar-refractivity contribution in [3.63, 3.8) is 0 Å². The zero-order valence-electron chi connectivity index (χ0n) is 11.4. The van der Waals surface area contributed by atoms with Gasteiger partial charge < -0.3 is 4.74 Å². The molecule has 1 aliphatic heterocycles. The minimum absolute atomic E-state index is 0.0700. The summed E-state index contributed by atoms with van der Waals surface area (Å²) in [6.45, 7) is 6.06. The molecule has 0 aliphatic carbocycles. The van der Waals surface area contributed by atoms with E-state index in [0.29, 0.717) is 15.8 Å². The number of carbonyl (C=O) groups excluding carboxylic acids is 1. The van der Waals surface area contributed by atoms with Crippen molar-refractivity contribution in [2.24, 2.45) is 0 Å². The molecule has 0 N–H and O–H groups in total. The zero-order valence-corrected chi connectivity index (χ0v) is 13.0. The molecule has 0 radical (unpaired) electrons. The van der Waals surface area contributed by atoms with Gasteiger partial charge in [-0.25, -0.2) is 0 Å². The second-order valence-corrected chi connectivity index (χ2v) is 5.99. The summed E-state index contributed by atoms with van der Waals surface area (Å²) >= 11 is 6.51. The molecule has 20 heavy (non-hydrogen) atoms. The van der Waals surface area contributed by atoms with Crippen molar-refractivity contribution in [2.75, 3.05) is 13.7 Å². The second-order valence-electron chi connectivity index (χ2n) is 4.31. The van der Waals surface area contributed by atoms with Crippen LogP contribution in [0.15, 0.2) is 35.8 Å². The molecule has 0 spiro atoms. The predicted octanol–water partition coefficient (Wildman–Crippen LogP) is 3.39. The van der Waals surface area contributed by atoms with Crippen LogP contribution in [0.25, 0.3) is 6.08 Å². The minimum Gasteiger partial charge on any atom is -0.496 e. The number of ether oxygens (including phenoxy) is 1. The first-order valence-corrected chi connectivity index (χ1v) is 7.30. The summed E-state index contributed by atoms with van der Waals surface area (Å²) in [7, 11) is 1.63. The van der Waals surface area contributed by atoms with Gasteiger partial charge in [0.15, 0.2) is 0 Å². The van der Waals surface area contributed by atoms with Crippen molar-refractivity contribution in [3.05, 3.63) is 46.9 Å². The molecule has 1 aromatic carbocycles. The lowest BCUT2D eigenvalue weighted by atomic mass is 10.1. The van der Waals surface area contributed by atoms with Gasteiger partial charge in [-0.1, -0.05) is 42.2 Å². The van der Waals surface area contributed by atoms with E-state index in [9.17, 15) is 4.79 Å². The maximum absolute atomic E-state index is 12.2. The molecule has 0 aromatic heterocycles. The third-order valence-corrected chi connectivity index (χ3v) is 4.29. The fraction of sp³-hybridized carbons (Fsp3) is 0.200. The number of thiocarbonyl (C=S) groups is 1. The van der Waals surface area contributed by atoms with Gasteiger partial charge in [0, 0.05) is 6.54 Å². The van der Waals surface area contributed by atoms with E-state index in [0.717, 1.165) is 16.9 Å². The van der Waals surface area contributed by atoms with E-state index in [1.807, 2.05) is 31.2 Å². The largest absolute Gasteiger partial charge is 0.496 e. The molecule has 1 amide bonds. The smallest absolute Gasteiger partial charge is 0.266 e. The minimum atomic E-state index is -0.0700. The van der Waals surface area contributed by atoms with E-state index in [2.05, 4.69) is 6.58 Å². The highest BCUT2D eigenvalue weighted by Crippen LogP contribution is 2.33. The van der Waals surface area contributed by atoms with E-state index >= 15 is 0 Å². The first kappa shape index (κ1) is 14.8. The van der Waals surface area contributed by atoms with E-state index in [-0.39, 0.29) is 5.91 Å². The van der Waals surface area contributed by atoms with Gasteiger partial charge in [0.05, 0.1) is 12.0 Å². The molecule has 0 atom stereocenters. The average Bonchev–Trinajstić information content (AvgIpc) is 2.69. The van der Waals surface area contributed by atoms with Crippen molar-refractivity contribution < 1.29 is 9.53 Å². The van der Waals surface area contributed by atoms with Gasteiger partial charge in [-0.15, -0.1) is 6.58 Å². The fourth-order valence-corrected chi connectivity index (χ4v) is 3.14. The summed E-state index contributed by atoms with van der Waals surface area (Å²) in [6.07, 6.45) is 3.51. The number of hydrogen-bond donors (Lipinski definition) is 0. The number of amides is 1. The molecule has 0 saturated carbocycles. The summed E-state index contributed by atoms with van der Waals surface area (Å²) in [6, 6.07) is 5.84. The summed E-state index contributed by atoms with van der Waals surface area (Å²) in [4.78, 5) is 14.4. The third kappa shape index (κ3) is 2.94. The summed E-state index contributed by atoms with van der Waals surface area (Å²) in [5.74, 6) is 0.736. The van der Waals surface area contributed by atoms with Crippen molar-refractivity contribution in [1.29, 1.82) is 0 Å². The molecule has 1 aliphatic rings. The van der Waals surface area contributed by atoms with Crippen molar-refractivity contribution >= 4 is 40.3 Å². The van der Waals surface area contributed by atoms with Gasteiger partial charge in [0.2, 0.25) is 0 Å². The SMILES string of the molecule is C=CCN1C(=O)/C(=C/c2ccc(C)c(OC)c2)SC1=S. The molecule has 2 rings (SSSR count). The number of rotatable bonds is 4. The van der Waals surface area contributed by atoms with Crippen LogP contribution in [-0.2, 0) is 4.79 Å². The normalized spacial score (nSPS) is 16.9. The highest BCUT2D eigenvalue weighted by atomic mass is 32.2. The Bertz CT molecular complexity index is 608. The molecular weight excluding hydrogens is 290 g/mol. The van der Waals surface area contributed by atoms with Crippen molar-refractivity contribution in [3.8, 4) is 5.75 Å². The van der Waals surface area contributed by atoms with Gasteiger partial charge in [0.25, 0.3) is 5.91 Å². The predicted molar refractivity (Wildman–Crippen MR) is 87.8 cm³/mol. The Morgan fingerprint density at radius 3 is 2.90 bits per heavy atom. The van der Waals surface area contributed by atoms with E-state index in [4.69, 9.17) is 17.0 Å². The van der Waals surface area contributed by atoms with Crippen LogP contribution in [0.4, 0.5) is 0 Å². The summed E-state index contributed by atoms with van der Waals surface area (Å²) in [5.41, 5.74) is 1.98. The highest BCUT2D eigenvalue weighted by molar-refractivity contribution is 8.26. The van der Waals surface area contributed by atoms with Gasteiger partial charge >= 0.3 is 0 Å². The Balaban J connectivity index is 2.30. The Morgan fingerprint density at radius 1 is 1.50 bits per heavy atom. The first-order valence-electron chi connectivity index (χ1n) is 6.07. The molecule has 0 bridgehead atoms. The maximum atomic E-state index is 12.2. The van der Waals surface area contributed by atoms with Crippen LogP contribution >= 0.6 is 24.0 Å². The Morgan fingerprint density at radius 2 is 2.25 bits per heavy atom. The van der Waals surface area contributed by atoms with Crippen LogP contribution in [0.5, 0.6) is 5.75 Å². The number of thioether (sulfide) groups is 1. The maximum Gasteiger partial charge on any atom is 0.266 e. The first-order chi connectivity index (χ1) is 9.56. The molecule has 1 fully saturated rings. The Labute approximate surface area is 128 Å². The van der Waals surface area contributed by atoms with Crippen LogP contribution < -0.4 is 4.74 Å². The standard InChI is InChI=1S/C15H15NO2S2/c1-4-7-16-14(17)13(20-15(16)19)9-11-6-5-10(2)12(8-11)18-3/h4-6,8-9H,1,7H2,2-3H3/b13-9-. The van der Waals surface area contributed by atoms with Gasteiger partial charge in [-0.05, 0) is 30.2 Å². The van der Waals surface area contributed by atoms with Gasteiger partial charge in [-0.3, -0.25) is 9.69 Å². The highest BCUT2D eigenvalue weighted by Gasteiger charge is 2.30. The quantitative estimate of drug-likeness (QED) is 0.484. The lowest BCUT2D eigenvalue weighted by Gasteiger charge is -2.10. The monoisotopic (exact) mass is 305 g/mol. The molecule has 3 nitrogen and oxygen atoms in total. The van der Waals surface area contributed by atoms with Crippen molar-refractivity contribution in [2.45, 2.75) is 6.92 Å². The van der Waals surface area contributed by atoms with Gasteiger partial charge in [-0.2, -0.15) is 0 Å². The van der Waals surface area contributed by atoms with E-state index in [1.54, 1.807) is 18.1 Å². The fourth-order valence-electron chi connectivity index (χ4n) is 1.86. The molecule has 0 unspecified atom stereocenters. The van der Waals surface area contributed by atoms with E-state index in [1.165, 1.54) is 11.8 Å². The van der Waals surface area contributed by atoms with Gasteiger partial charge in [0.1, 0.15) is 10.1 Å². The second kappa shape index (κ2) is 6.24. The molecular formula is C15H15NO2S2. The van der Waals surface area contributed by atoms with Crippen LogP contribution in [0, 0.1) is 6.92 Å². The van der Waals surface area contributed by atoms with E-state index < -0.39 is 0 Å². The number of aryl methyl sites for hydroxylation is 1. The summed E-state index contributed by atoms with van der Waals surface area (Å²) < 4.78 is 5.86. The van der Waals surface area contributed by atoms with Crippen LogP contribution in [-0.4, -0.2) is 28.8 Å². The molecule has 5 heteroatoms. The summed E-state index contributed by atoms with van der Waals surface area (Å²) in [5, 5.41) is 0. The number of benzene rings is 1. The van der Waals surface area contributed by atoms with Crippen LogP contribution in [0.2, 0.25) is 0 Å². The van der Waals surface area contributed by atoms with Crippen LogP contribution in [0.1, 0.15) is 11.1 Å².